The molecule has 0 saturated heterocycles. The fourth-order valence-corrected chi connectivity index (χ4v) is 3.70. The Morgan fingerprint density at radius 2 is 1.74 bits per heavy atom. The zero-order valence-electron chi connectivity index (χ0n) is 22.4. The number of alkyl halides is 1. The Bertz CT molecular complexity index is 1150. The lowest BCUT2D eigenvalue weighted by Gasteiger charge is -2.22. The van der Waals surface area contributed by atoms with Gasteiger partial charge in [-0.2, -0.15) is 4.98 Å². The molecule has 0 spiro atoms. The average molecular weight is 585 g/mol. The summed E-state index contributed by atoms with van der Waals surface area (Å²) >= 11 is 3.41. The molecule has 9 heteroatoms. The topological polar surface area (TPSA) is 111 Å². The quantitative estimate of drug-likeness (QED) is 0.171. The Morgan fingerprint density at radius 3 is 2.39 bits per heavy atom. The first-order chi connectivity index (χ1) is 18.3. The van der Waals surface area contributed by atoms with Crippen LogP contribution in [0.2, 0.25) is 0 Å². The Morgan fingerprint density at radius 1 is 1.03 bits per heavy atom. The van der Waals surface area contributed by atoms with Gasteiger partial charge in [0.25, 0.3) is 5.91 Å². The molecule has 3 aromatic rings. The standard InChI is InChI=1S/C29H38BrN5O3/c1-4-37-26-17-24(16-21-6-10-23(11-7-21)27(36)33-20-29(2,3)19-31)34-28(35-26)32-18-22-8-12-25(13-9-22)38-15-5-14-30/h6-13,17H,4-5,14-16,18-20,31H2,1-3H3,(H,33,36)(H,32,34,35). The summed E-state index contributed by atoms with van der Waals surface area (Å²) in [6, 6.07) is 17.4. The Balaban J connectivity index is 1.62. The normalized spacial score (nSPS) is 11.2. The zero-order chi connectivity index (χ0) is 27.4. The first-order valence-corrected chi connectivity index (χ1v) is 14.0. The predicted molar refractivity (Wildman–Crippen MR) is 155 cm³/mol. The average Bonchev–Trinajstić information content (AvgIpc) is 2.92. The van der Waals surface area contributed by atoms with E-state index in [1.807, 2.05) is 75.4 Å². The van der Waals surface area contributed by atoms with Gasteiger partial charge in [-0.3, -0.25) is 4.79 Å². The van der Waals surface area contributed by atoms with E-state index in [9.17, 15) is 4.79 Å². The van der Waals surface area contributed by atoms with Crippen LogP contribution in [0, 0.1) is 5.41 Å². The Labute approximate surface area is 233 Å². The third-order valence-corrected chi connectivity index (χ3v) is 6.41. The highest BCUT2D eigenvalue weighted by atomic mass is 79.9. The number of amides is 1. The van der Waals surface area contributed by atoms with Crippen LogP contribution in [-0.4, -0.2) is 47.5 Å². The molecule has 2 aromatic carbocycles. The van der Waals surface area contributed by atoms with Crippen molar-refractivity contribution in [1.29, 1.82) is 0 Å². The first kappa shape index (κ1) is 29.4. The van der Waals surface area contributed by atoms with Crippen LogP contribution >= 0.6 is 15.9 Å². The molecule has 0 bridgehead atoms. The van der Waals surface area contributed by atoms with Crippen molar-refractivity contribution in [2.24, 2.45) is 11.1 Å². The van der Waals surface area contributed by atoms with Crippen molar-refractivity contribution < 1.29 is 14.3 Å². The highest BCUT2D eigenvalue weighted by molar-refractivity contribution is 9.09. The Kier molecular flexibility index (Phi) is 11.4. The van der Waals surface area contributed by atoms with Crippen LogP contribution in [0.4, 0.5) is 5.95 Å². The van der Waals surface area contributed by atoms with Crippen molar-refractivity contribution in [1.82, 2.24) is 15.3 Å². The van der Waals surface area contributed by atoms with Crippen molar-refractivity contribution in [2.75, 3.05) is 37.0 Å². The van der Waals surface area contributed by atoms with E-state index in [-0.39, 0.29) is 11.3 Å². The number of nitrogens with one attached hydrogen (secondary N) is 2. The summed E-state index contributed by atoms with van der Waals surface area (Å²) in [6.07, 6.45) is 1.55. The predicted octanol–water partition coefficient (Wildman–Crippen LogP) is 4.96. The second-order valence-electron chi connectivity index (χ2n) is 9.77. The molecule has 1 amide bonds. The van der Waals surface area contributed by atoms with Crippen LogP contribution in [0.3, 0.4) is 0 Å². The second kappa shape index (κ2) is 14.7. The van der Waals surface area contributed by atoms with Crippen molar-refractivity contribution in [3.63, 3.8) is 0 Å². The van der Waals surface area contributed by atoms with E-state index in [0.717, 1.165) is 34.3 Å². The lowest BCUT2D eigenvalue weighted by atomic mass is 9.94. The van der Waals surface area contributed by atoms with Gasteiger partial charge in [0.2, 0.25) is 11.8 Å². The van der Waals surface area contributed by atoms with Gasteiger partial charge in [-0.15, -0.1) is 0 Å². The molecule has 0 radical (unpaired) electrons. The number of nitrogens with two attached hydrogens (primary N) is 1. The molecule has 8 nitrogen and oxygen atoms in total. The van der Waals surface area contributed by atoms with Gasteiger partial charge in [-0.1, -0.05) is 54.0 Å². The fourth-order valence-electron chi connectivity index (χ4n) is 3.47. The molecular formula is C29H38BrN5O3. The fraction of sp³-hybridized carbons (Fsp3) is 0.414. The third kappa shape index (κ3) is 9.61. The minimum Gasteiger partial charge on any atom is -0.494 e. The van der Waals surface area contributed by atoms with Gasteiger partial charge in [0.1, 0.15) is 5.75 Å². The number of carbonyl (C=O) groups excluding carboxylic acids is 1. The number of ether oxygens (including phenoxy) is 2. The van der Waals surface area contributed by atoms with Gasteiger partial charge >= 0.3 is 0 Å². The second-order valence-corrected chi connectivity index (χ2v) is 10.6. The van der Waals surface area contributed by atoms with Crippen molar-refractivity contribution in [3.05, 3.63) is 77.0 Å². The highest BCUT2D eigenvalue weighted by Gasteiger charge is 2.17. The van der Waals surface area contributed by atoms with Crippen LogP contribution in [0.1, 0.15) is 54.4 Å². The number of nitrogens with zero attached hydrogens (tertiary/aromatic N) is 2. The number of hydrogen-bond donors (Lipinski definition) is 3. The van der Waals surface area contributed by atoms with E-state index in [1.54, 1.807) is 0 Å². The number of rotatable bonds is 15. The number of carbonyl (C=O) groups is 1. The number of aromatic nitrogens is 2. The van der Waals surface area contributed by atoms with Crippen LogP contribution in [0.5, 0.6) is 11.6 Å². The molecule has 0 aliphatic rings. The number of benzene rings is 2. The number of anilines is 1. The SMILES string of the molecule is CCOc1cc(Cc2ccc(C(=O)NCC(C)(C)CN)cc2)nc(NCc2ccc(OCCCBr)cc2)n1. The Hall–Kier alpha value is -3.17. The maximum absolute atomic E-state index is 12.5. The molecule has 0 fully saturated rings. The number of halogens is 1. The molecular weight excluding hydrogens is 546 g/mol. The van der Waals surface area contributed by atoms with Gasteiger partial charge in [0.15, 0.2) is 0 Å². The maximum Gasteiger partial charge on any atom is 0.251 e. The maximum atomic E-state index is 12.5. The molecule has 1 heterocycles. The summed E-state index contributed by atoms with van der Waals surface area (Å²) in [4.78, 5) is 21.7. The minimum absolute atomic E-state index is 0.108. The van der Waals surface area contributed by atoms with Crippen molar-refractivity contribution in [3.8, 4) is 11.6 Å². The van der Waals surface area contributed by atoms with E-state index in [0.29, 0.717) is 56.7 Å². The molecule has 204 valence electrons. The molecule has 0 aliphatic carbocycles. The summed E-state index contributed by atoms with van der Waals surface area (Å²) < 4.78 is 11.4. The van der Waals surface area contributed by atoms with E-state index >= 15 is 0 Å². The van der Waals surface area contributed by atoms with Gasteiger partial charge in [-0.05, 0) is 60.7 Å². The summed E-state index contributed by atoms with van der Waals surface area (Å²) in [5, 5.41) is 7.18. The lowest BCUT2D eigenvalue weighted by Crippen LogP contribution is -2.38. The monoisotopic (exact) mass is 583 g/mol. The van der Waals surface area contributed by atoms with Crippen molar-refractivity contribution >= 4 is 27.8 Å². The molecule has 4 N–H and O–H groups in total. The summed E-state index contributed by atoms with van der Waals surface area (Å²) in [6.45, 7) is 8.77. The molecule has 3 rings (SSSR count). The van der Waals surface area contributed by atoms with E-state index in [2.05, 4.69) is 31.5 Å². The molecule has 0 unspecified atom stereocenters. The van der Waals surface area contributed by atoms with Gasteiger partial charge in [0.05, 0.1) is 18.9 Å². The van der Waals surface area contributed by atoms with Crippen LogP contribution < -0.4 is 25.8 Å². The van der Waals surface area contributed by atoms with Crippen LogP contribution in [0.15, 0.2) is 54.6 Å². The van der Waals surface area contributed by atoms with Crippen LogP contribution in [-0.2, 0) is 13.0 Å². The third-order valence-electron chi connectivity index (χ3n) is 5.85. The molecule has 0 atom stereocenters. The highest BCUT2D eigenvalue weighted by Crippen LogP contribution is 2.19. The zero-order valence-corrected chi connectivity index (χ0v) is 24.0. The summed E-state index contributed by atoms with van der Waals surface area (Å²) in [5.74, 6) is 1.77. The van der Waals surface area contributed by atoms with Crippen LogP contribution in [0.25, 0.3) is 0 Å². The largest absolute Gasteiger partial charge is 0.494 e. The summed E-state index contributed by atoms with van der Waals surface area (Å²) in [5.41, 5.74) is 9.17. The number of hydrogen-bond acceptors (Lipinski definition) is 7. The molecule has 0 saturated carbocycles. The molecule has 0 aliphatic heterocycles. The summed E-state index contributed by atoms with van der Waals surface area (Å²) in [7, 11) is 0. The first-order valence-electron chi connectivity index (χ1n) is 12.9. The van der Waals surface area contributed by atoms with Crippen molar-refractivity contribution in [2.45, 2.75) is 40.2 Å². The molecule has 38 heavy (non-hydrogen) atoms. The van der Waals surface area contributed by atoms with E-state index in [4.69, 9.17) is 20.2 Å². The van der Waals surface area contributed by atoms with Gasteiger partial charge in [0, 0.05) is 36.5 Å². The smallest absolute Gasteiger partial charge is 0.251 e. The van der Waals surface area contributed by atoms with E-state index < -0.39 is 0 Å². The minimum atomic E-state index is -0.142. The molecule has 1 aromatic heterocycles. The lowest BCUT2D eigenvalue weighted by molar-refractivity contribution is 0.0938. The van der Waals surface area contributed by atoms with Gasteiger partial charge < -0.3 is 25.8 Å². The van der Waals surface area contributed by atoms with Gasteiger partial charge in [-0.25, -0.2) is 4.98 Å². The van der Waals surface area contributed by atoms with E-state index in [1.165, 1.54) is 0 Å².